The number of rotatable bonds is 45. The summed E-state index contributed by atoms with van der Waals surface area (Å²) >= 11 is 0. The molecule has 0 aliphatic carbocycles. The number of ether oxygens (including phenoxy) is 2. The van der Waals surface area contributed by atoms with E-state index in [0.717, 1.165) is 38.5 Å². The predicted molar refractivity (Wildman–Crippen MR) is 254 cm³/mol. The van der Waals surface area contributed by atoms with Gasteiger partial charge in [0.05, 0.1) is 25.4 Å². The number of hydrogen-bond acceptors (Lipinski definition) is 8. The van der Waals surface area contributed by atoms with Gasteiger partial charge in [-0.25, -0.2) is 0 Å². The molecule has 1 rings (SSSR count). The van der Waals surface area contributed by atoms with Crippen molar-refractivity contribution < 1.29 is 39.8 Å². The number of hydrogen-bond donors (Lipinski definition) is 6. The lowest BCUT2D eigenvalue weighted by Gasteiger charge is -2.40. The van der Waals surface area contributed by atoms with Crippen LogP contribution in [0.1, 0.15) is 258 Å². The maximum absolute atomic E-state index is 13.0. The maximum atomic E-state index is 13.0. The van der Waals surface area contributed by atoms with Crippen molar-refractivity contribution in [2.45, 2.75) is 301 Å². The lowest BCUT2D eigenvalue weighted by atomic mass is 9.99. The third kappa shape index (κ3) is 33.1. The molecule has 0 spiro atoms. The molecule has 0 saturated carbocycles. The molecule has 1 heterocycles. The summed E-state index contributed by atoms with van der Waals surface area (Å²) in [5.74, 6) is -0.171. The van der Waals surface area contributed by atoms with Crippen LogP contribution in [0.25, 0.3) is 0 Å². The van der Waals surface area contributed by atoms with E-state index >= 15 is 0 Å². The molecular formula is C52H101NO8. The molecule has 0 bridgehead atoms. The average molecular weight is 868 g/mol. The Morgan fingerprint density at radius 1 is 0.541 bits per heavy atom. The fourth-order valence-corrected chi connectivity index (χ4v) is 8.63. The van der Waals surface area contributed by atoms with Gasteiger partial charge >= 0.3 is 0 Å². The Bertz CT molecular complexity index is 966. The number of unbranched alkanes of at least 4 members (excludes halogenated alkanes) is 35. The fourth-order valence-electron chi connectivity index (χ4n) is 8.63. The van der Waals surface area contributed by atoms with E-state index in [-0.39, 0.29) is 12.5 Å². The van der Waals surface area contributed by atoms with E-state index in [1.165, 1.54) is 199 Å². The number of carbonyl (C=O) groups is 1. The Balaban J connectivity index is 2.25. The zero-order chi connectivity index (χ0) is 44.4. The van der Waals surface area contributed by atoms with E-state index < -0.39 is 49.5 Å². The van der Waals surface area contributed by atoms with Crippen LogP contribution in [0.15, 0.2) is 12.2 Å². The van der Waals surface area contributed by atoms with Crippen LogP contribution in [0, 0.1) is 0 Å². The van der Waals surface area contributed by atoms with Gasteiger partial charge in [-0.15, -0.1) is 0 Å². The molecule has 9 heteroatoms. The molecule has 1 fully saturated rings. The van der Waals surface area contributed by atoms with E-state index in [9.17, 15) is 30.3 Å². The van der Waals surface area contributed by atoms with Crippen molar-refractivity contribution in [2.75, 3.05) is 13.2 Å². The monoisotopic (exact) mass is 868 g/mol. The first-order valence-corrected chi connectivity index (χ1v) is 26.4. The highest BCUT2D eigenvalue weighted by Crippen LogP contribution is 2.23. The van der Waals surface area contributed by atoms with Gasteiger partial charge in [0.1, 0.15) is 24.4 Å². The van der Waals surface area contributed by atoms with Crippen molar-refractivity contribution in [3.8, 4) is 0 Å². The molecule has 0 aromatic carbocycles. The third-order valence-corrected chi connectivity index (χ3v) is 12.9. The molecule has 0 radical (unpaired) electrons. The summed E-state index contributed by atoms with van der Waals surface area (Å²) in [6, 6.07) is -0.799. The zero-order valence-corrected chi connectivity index (χ0v) is 39.9. The van der Waals surface area contributed by atoms with Crippen LogP contribution in [0.5, 0.6) is 0 Å². The van der Waals surface area contributed by atoms with Crippen LogP contribution in [-0.4, -0.2) is 87.5 Å². The number of carbonyl (C=O) groups excluding carboxylic acids is 1. The summed E-state index contributed by atoms with van der Waals surface area (Å²) in [6.07, 6.45) is 44.0. The molecule has 0 aromatic heterocycles. The van der Waals surface area contributed by atoms with Crippen LogP contribution in [0.4, 0.5) is 0 Å². The number of nitrogens with one attached hydrogen (secondary N) is 1. The Morgan fingerprint density at radius 3 is 1.28 bits per heavy atom. The normalized spacial score (nSPS) is 20.4. The Kier molecular flexibility index (Phi) is 40.7. The molecule has 1 saturated heterocycles. The molecule has 0 aromatic rings. The molecule has 61 heavy (non-hydrogen) atoms. The summed E-state index contributed by atoms with van der Waals surface area (Å²) in [4.78, 5) is 13.0. The van der Waals surface area contributed by atoms with Gasteiger partial charge in [0, 0.05) is 6.42 Å². The van der Waals surface area contributed by atoms with Gasteiger partial charge in [-0.2, -0.15) is 0 Å². The van der Waals surface area contributed by atoms with Gasteiger partial charge in [-0.1, -0.05) is 244 Å². The van der Waals surface area contributed by atoms with Crippen molar-refractivity contribution in [1.29, 1.82) is 0 Å². The number of aliphatic hydroxyl groups is 5. The standard InChI is InChI=1S/C52H101NO8/c1-3-5-7-9-11-13-15-17-19-21-22-23-24-25-26-28-30-32-34-36-38-40-42-48(56)53-45(44-60-52-51(59)50(58)49(57)47(43-54)61-52)46(55)41-39-37-35-33-31-29-27-20-18-16-14-12-10-8-6-4-2/h39,41,45-47,49-52,54-55,57-59H,3-38,40,42-44H2,1-2H3,(H,53,56)/b41-39+/t45-,46+,47+,49+,50?,51?,52+/m0/s1. The molecular weight excluding hydrogens is 767 g/mol. The second-order valence-corrected chi connectivity index (χ2v) is 18.7. The minimum atomic E-state index is -1.56. The van der Waals surface area contributed by atoms with Crippen LogP contribution in [-0.2, 0) is 14.3 Å². The summed E-state index contributed by atoms with van der Waals surface area (Å²) in [5, 5.41) is 54.4. The van der Waals surface area contributed by atoms with Crippen LogP contribution in [0.3, 0.4) is 0 Å². The molecule has 1 aliphatic rings. The van der Waals surface area contributed by atoms with E-state index in [0.29, 0.717) is 6.42 Å². The summed E-state index contributed by atoms with van der Waals surface area (Å²) in [5.41, 5.74) is 0. The summed E-state index contributed by atoms with van der Waals surface area (Å²) in [6.45, 7) is 3.81. The largest absolute Gasteiger partial charge is 0.394 e. The van der Waals surface area contributed by atoms with E-state index in [4.69, 9.17) is 9.47 Å². The van der Waals surface area contributed by atoms with Gasteiger partial charge in [-0.05, 0) is 19.3 Å². The summed E-state index contributed by atoms with van der Waals surface area (Å²) < 4.78 is 11.2. The predicted octanol–water partition coefficient (Wildman–Crippen LogP) is 12.1. The second-order valence-electron chi connectivity index (χ2n) is 18.7. The van der Waals surface area contributed by atoms with E-state index in [2.05, 4.69) is 19.2 Å². The van der Waals surface area contributed by atoms with Crippen LogP contribution in [0.2, 0.25) is 0 Å². The molecule has 1 aliphatic heterocycles. The first-order chi connectivity index (χ1) is 29.8. The van der Waals surface area contributed by atoms with Crippen LogP contribution >= 0.6 is 0 Å². The highest BCUT2D eigenvalue weighted by Gasteiger charge is 2.44. The van der Waals surface area contributed by atoms with Crippen molar-refractivity contribution >= 4 is 5.91 Å². The fraction of sp³-hybridized carbons (Fsp3) is 0.942. The maximum Gasteiger partial charge on any atom is 0.220 e. The van der Waals surface area contributed by atoms with Gasteiger partial charge < -0.3 is 40.3 Å². The minimum absolute atomic E-state index is 0.171. The number of aliphatic hydroxyl groups excluding tert-OH is 5. The van der Waals surface area contributed by atoms with Gasteiger partial charge in [0.15, 0.2) is 6.29 Å². The lowest BCUT2D eigenvalue weighted by Crippen LogP contribution is -2.60. The smallest absolute Gasteiger partial charge is 0.220 e. The SMILES string of the molecule is CCCCCCCCCCCCCCCC/C=C/[C@@H](O)[C@H](CO[C@@H]1O[C@H](CO)[C@@H](O)C(O)C1O)NC(=O)CCCCCCCCCCCCCCCCCCCCCCCC. The first-order valence-electron chi connectivity index (χ1n) is 26.4. The van der Waals surface area contributed by atoms with Gasteiger partial charge in [0.2, 0.25) is 5.91 Å². The third-order valence-electron chi connectivity index (χ3n) is 12.9. The van der Waals surface area contributed by atoms with Crippen LogP contribution < -0.4 is 5.32 Å². The molecule has 9 nitrogen and oxygen atoms in total. The molecule has 7 atom stereocenters. The molecule has 362 valence electrons. The number of amides is 1. The minimum Gasteiger partial charge on any atom is -0.394 e. The average Bonchev–Trinajstić information content (AvgIpc) is 3.26. The van der Waals surface area contributed by atoms with E-state index in [1.807, 2.05) is 6.08 Å². The topological polar surface area (TPSA) is 149 Å². The molecule has 1 amide bonds. The van der Waals surface area contributed by atoms with Crippen molar-refractivity contribution in [3.63, 3.8) is 0 Å². The Hall–Kier alpha value is -1.07. The highest BCUT2D eigenvalue weighted by atomic mass is 16.7. The summed E-state index contributed by atoms with van der Waals surface area (Å²) in [7, 11) is 0. The first kappa shape index (κ1) is 57.9. The molecule has 6 N–H and O–H groups in total. The van der Waals surface area contributed by atoms with E-state index in [1.54, 1.807) is 6.08 Å². The quantitative estimate of drug-likeness (QED) is 0.0262. The zero-order valence-electron chi connectivity index (χ0n) is 39.9. The van der Waals surface area contributed by atoms with Gasteiger partial charge in [0.25, 0.3) is 0 Å². The molecule has 2 unspecified atom stereocenters. The van der Waals surface area contributed by atoms with Crippen molar-refractivity contribution in [3.05, 3.63) is 12.2 Å². The Morgan fingerprint density at radius 2 is 0.902 bits per heavy atom. The Labute approximate surface area is 376 Å². The van der Waals surface area contributed by atoms with Crippen molar-refractivity contribution in [1.82, 2.24) is 5.32 Å². The van der Waals surface area contributed by atoms with Gasteiger partial charge in [-0.3, -0.25) is 4.79 Å². The number of allylic oxidation sites excluding steroid dienone is 1. The lowest BCUT2D eigenvalue weighted by molar-refractivity contribution is -0.302. The highest BCUT2D eigenvalue weighted by molar-refractivity contribution is 5.76. The second kappa shape index (κ2) is 42.9. The van der Waals surface area contributed by atoms with Crippen molar-refractivity contribution in [2.24, 2.45) is 0 Å².